The quantitative estimate of drug-likeness (QED) is 0.513. The largest absolute Gasteiger partial charge is 0.410 e. The zero-order valence-electron chi connectivity index (χ0n) is 6.47. The molecule has 0 aromatic heterocycles. The lowest BCUT2D eigenvalue weighted by atomic mass is 10.0. The number of hydrogen-bond acceptors (Lipinski definition) is 3. The van der Waals surface area contributed by atoms with Gasteiger partial charge in [0.25, 0.3) is 0 Å². The molecule has 1 atom stereocenters. The van der Waals surface area contributed by atoms with Crippen molar-refractivity contribution in [2.45, 2.75) is 32.7 Å². The summed E-state index contributed by atoms with van der Waals surface area (Å²) < 4.78 is 4.78. The molecule has 1 rings (SSSR count). The minimum Gasteiger partial charge on any atom is -0.410 e. The van der Waals surface area contributed by atoms with Crippen LogP contribution in [0.5, 0.6) is 0 Å². The van der Waals surface area contributed by atoms with E-state index in [1.807, 2.05) is 6.92 Å². The molecule has 1 heterocycles. The Kier molecular flexibility index (Phi) is 1.50. The summed E-state index contributed by atoms with van der Waals surface area (Å²) in [6.45, 7) is 5.40. The lowest BCUT2D eigenvalue weighted by Gasteiger charge is -2.11. The Morgan fingerprint density at radius 2 is 2.30 bits per heavy atom. The SMILES string of the molecule is CCC1(C)N=C(C)OC1=O. The molecule has 1 aliphatic heterocycles. The molecule has 0 saturated heterocycles. The fraction of sp³-hybridized carbons (Fsp3) is 0.714. The van der Waals surface area contributed by atoms with E-state index in [-0.39, 0.29) is 5.97 Å². The van der Waals surface area contributed by atoms with E-state index in [9.17, 15) is 4.79 Å². The van der Waals surface area contributed by atoms with Gasteiger partial charge in [0.05, 0.1) is 0 Å². The molecule has 10 heavy (non-hydrogen) atoms. The van der Waals surface area contributed by atoms with E-state index >= 15 is 0 Å². The minimum atomic E-state index is -0.607. The Morgan fingerprint density at radius 1 is 1.70 bits per heavy atom. The van der Waals surface area contributed by atoms with Crippen LogP contribution in [0.25, 0.3) is 0 Å². The van der Waals surface area contributed by atoms with Crippen LogP contribution in [0.3, 0.4) is 0 Å². The molecule has 0 spiro atoms. The first-order valence-corrected chi connectivity index (χ1v) is 3.37. The molecule has 0 fully saturated rings. The number of ether oxygens (including phenoxy) is 1. The van der Waals surface area contributed by atoms with E-state index in [2.05, 4.69) is 4.99 Å². The summed E-state index contributed by atoms with van der Waals surface area (Å²) in [5, 5.41) is 0. The van der Waals surface area contributed by atoms with Crippen molar-refractivity contribution in [2.24, 2.45) is 4.99 Å². The zero-order valence-corrected chi connectivity index (χ0v) is 6.47. The Morgan fingerprint density at radius 3 is 2.50 bits per heavy atom. The summed E-state index contributed by atoms with van der Waals surface area (Å²) in [5.74, 6) is 0.252. The molecule has 0 aromatic carbocycles. The summed E-state index contributed by atoms with van der Waals surface area (Å²) >= 11 is 0. The fourth-order valence-corrected chi connectivity index (χ4v) is 0.883. The summed E-state index contributed by atoms with van der Waals surface area (Å²) in [6, 6.07) is 0. The number of rotatable bonds is 1. The number of carbonyl (C=O) groups excluding carboxylic acids is 1. The van der Waals surface area contributed by atoms with Crippen LogP contribution in [0, 0.1) is 0 Å². The highest BCUT2D eigenvalue weighted by Gasteiger charge is 2.38. The van der Waals surface area contributed by atoms with Crippen LogP contribution in [-0.4, -0.2) is 17.4 Å². The standard InChI is InChI=1S/C7H11NO2/c1-4-7(3)6(9)10-5(2)8-7/h4H2,1-3H3. The van der Waals surface area contributed by atoms with Gasteiger partial charge in [0.15, 0.2) is 11.4 Å². The van der Waals surface area contributed by atoms with Crippen molar-refractivity contribution in [3.05, 3.63) is 0 Å². The van der Waals surface area contributed by atoms with Crippen LogP contribution in [0.15, 0.2) is 4.99 Å². The van der Waals surface area contributed by atoms with Crippen molar-refractivity contribution >= 4 is 11.9 Å². The number of nitrogens with zero attached hydrogens (tertiary/aromatic N) is 1. The highest BCUT2D eigenvalue weighted by atomic mass is 16.6. The number of hydrogen-bond donors (Lipinski definition) is 0. The maximum atomic E-state index is 11.0. The van der Waals surface area contributed by atoms with Gasteiger partial charge in [0, 0.05) is 6.92 Å². The van der Waals surface area contributed by atoms with Crippen molar-refractivity contribution in [1.82, 2.24) is 0 Å². The summed E-state index contributed by atoms with van der Waals surface area (Å²) in [6.07, 6.45) is 0.698. The highest BCUT2D eigenvalue weighted by Crippen LogP contribution is 2.22. The van der Waals surface area contributed by atoms with Crippen LogP contribution in [0.4, 0.5) is 0 Å². The second-order valence-corrected chi connectivity index (χ2v) is 2.65. The van der Waals surface area contributed by atoms with Gasteiger partial charge in [-0.05, 0) is 13.3 Å². The van der Waals surface area contributed by atoms with Crippen LogP contribution >= 0.6 is 0 Å². The van der Waals surface area contributed by atoms with E-state index < -0.39 is 5.54 Å². The first-order chi connectivity index (χ1) is 4.58. The van der Waals surface area contributed by atoms with E-state index in [0.717, 1.165) is 0 Å². The van der Waals surface area contributed by atoms with Gasteiger partial charge < -0.3 is 4.74 Å². The van der Waals surface area contributed by atoms with Gasteiger partial charge in [-0.3, -0.25) is 0 Å². The Labute approximate surface area is 60.1 Å². The van der Waals surface area contributed by atoms with Crippen molar-refractivity contribution in [1.29, 1.82) is 0 Å². The minimum absolute atomic E-state index is 0.229. The summed E-state index contributed by atoms with van der Waals surface area (Å²) in [5.41, 5.74) is -0.607. The maximum Gasteiger partial charge on any atom is 0.340 e. The molecule has 1 unspecified atom stereocenters. The molecule has 0 radical (unpaired) electrons. The van der Waals surface area contributed by atoms with Crippen LogP contribution < -0.4 is 0 Å². The van der Waals surface area contributed by atoms with E-state index in [4.69, 9.17) is 4.74 Å². The van der Waals surface area contributed by atoms with Gasteiger partial charge >= 0.3 is 5.97 Å². The Hall–Kier alpha value is -0.860. The smallest absolute Gasteiger partial charge is 0.340 e. The maximum absolute atomic E-state index is 11.0. The average molecular weight is 141 g/mol. The third-order valence-corrected chi connectivity index (χ3v) is 1.77. The third-order valence-electron chi connectivity index (χ3n) is 1.77. The molecular weight excluding hydrogens is 130 g/mol. The van der Waals surface area contributed by atoms with E-state index in [1.165, 1.54) is 0 Å². The normalized spacial score (nSPS) is 31.9. The number of carbonyl (C=O) groups is 1. The predicted molar refractivity (Wildman–Crippen MR) is 37.9 cm³/mol. The topological polar surface area (TPSA) is 38.7 Å². The summed E-state index contributed by atoms with van der Waals surface area (Å²) in [4.78, 5) is 15.1. The molecule has 3 heteroatoms. The average Bonchev–Trinajstić information content (AvgIpc) is 2.09. The van der Waals surface area contributed by atoms with Gasteiger partial charge in [0.2, 0.25) is 0 Å². The molecule has 0 aromatic rings. The second kappa shape index (κ2) is 2.08. The first-order valence-electron chi connectivity index (χ1n) is 3.37. The summed E-state index contributed by atoms with van der Waals surface area (Å²) in [7, 11) is 0. The first kappa shape index (κ1) is 7.25. The monoisotopic (exact) mass is 141 g/mol. The van der Waals surface area contributed by atoms with Crippen LogP contribution in [0.1, 0.15) is 27.2 Å². The number of cyclic esters (lactones) is 1. The van der Waals surface area contributed by atoms with Gasteiger partial charge in [-0.15, -0.1) is 0 Å². The molecule has 0 aliphatic carbocycles. The van der Waals surface area contributed by atoms with Gasteiger partial charge in [-0.1, -0.05) is 6.92 Å². The molecular formula is C7H11NO2. The number of aliphatic imine (C=N–C) groups is 1. The molecule has 1 aliphatic rings. The molecule has 56 valence electrons. The van der Waals surface area contributed by atoms with Gasteiger partial charge in [-0.2, -0.15) is 0 Å². The zero-order chi connectivity index (χ0) is 7.78. The fourth-order valence-electron chi connectivity index (χ4n) is 0.883. The predicted octanol–water partition coefficient (Wildman–Crippen LogP) is 1.13. The molecule has 3 nitrogen and oxygen atoms in total. The van der Waals surface area contributed by atoms with Crippen molar-refractivity contribution < 1.29 is 9.53 Å². The van der Waals surface area contributed by atoms with Crippen molar-refractivity contribution in [3.63, 3.8) is 0 Å². The van der Waals surface area contributed by atoms with Crippen molar-refractivity contribution in [3.8, 4) is 0 Å². The highest BCUT2D eigenvalue weighted by molar-refractivity contribution is 5.98. The number of esters is 1. The van der Waals surface area contributed by atoms with Crippen molar-refractivity contribution in [2.75, 3.05) is 0 Å². The second-order valence-electron chi connectivity index (χ2n) is 2.65. The van der Waals surface area contributed by atoms with E-state index in [1.54, 1.807) is 13.8 Å². The van der Waals surface area contributed by atoms with Crippen LogP contribution in [0.2, 0.25) is 0 Å². The Bertz CT molecular complexity index is 198. The molecule has 0 amide bonds. The molecule has 0 N–H and O–H groups in total. The Balaban J connectivity index is 2.87. The molecule has 0 bridgehead atoms. The lowest BCUT2D eigenvalue weighted by molar-refractivity contribution is -0.138. The lowest BCUT2D eigenvalue weighted by Crippen LogP contribution is -2.28. The third kappa shape index (κ3) is 0.916. The molecule has 0 saturated carbocycles. The van der Waals surface area contributed by atoms with Gasteiger partial charge in [0.1, 0.15) is 0 Å². The van der Waals surface area contributed by atoms with Gasteiger partial charge in [-0.25, -0.2) is 9.79 Å². The van der Waals surface area contributed by atoms with E-state index in [0.29, 0.717) is 12.3 Å². The van der Waals surface area contributed by atoms with Crippen LogP contribution in [-0.2, 0) is 9.53 Å².